The number of primary amides is 1. The van der Waals surface area contributed by atoms with Crippen LogP contribution in [-0.4, -0.2) is 101 Å². The third-order valence-corrected chi connectivity index (χ3v) is 11.9. The SMILES string of the molecule is CNCc1nc(CN2CCN(C(C(N)=O)(C(C)C)[C@H](Cc3ccccc3)[C@@H](O)CN(CC(C)C)S(=O)(=O)c3ccc(/C=N/O)cc3)C2=O)cs1. The summed E-state index contributed by atoms with van der Waals surface area (Å²) < 4.78 is 29.4. The highest BCUT2D eigenvalue weighted by atomic mass is 32.2. The largest absolute Gasteiger partial charge is 0.411 e. The number of carbonyl (C=O) groups excluding carboxylic acids is 2. The zero-order valence-electron chi connectivity index (χ0n) is 29.3. The van der Waals surface area contributed by atoms with Crippen LogP contribution in [0.5, 0.6) is 0 Å². The van der Waals surface area contributed by atoms with E-state index in [2.05, 4.69) is 15.5 Å². The lowest BCUT2D eigenvalue weighted by Crippen LogP contribution is -2.69. The summed E-state index contributed by atoms with van der Waals surface area (Å²) in [6.07, 6.45) is -0.0742. The van der Waals surface area contributed by atoms with Gasteiger partial charge in [0.05, 0.1) is 29.5 Å². The molecule has 272 valence electrons. The topological polar surface area (TPSA) is 182 Å². The van der Waals surface area contributed by atoms with E-state index in [1.165, 1.54) is 51.0 Å². The maximum absolute atomic E-state index is 14.3. The molecule has 1 unspecified atom stereocenters. The molecule has 13 nitrogen and oxygen atoms in total. The van der Waals surface area contributed by atoms with E-state index >= 15 is 0 Å². The Kier molecular flexibility index (Phi) is 13.1. The Morgan fingerprint density at radius 1 is 1.12 bits per heavy atom. The van der Waals surface area contributed by atoms with Crippen LogP contribution >= 0.6 is 11.3 Å². The molecule has 0 aliphatic carbocycles. The van der Waals surface area contributed by atoms with Crippen LogP contribution < -0.4 is 11.1 Å². The zero-order valence-corrected chi connectivity index (χ0v) is 30.9. The molecule has 0 bridgehead atoms. The molecule has 1 aliphatic heterocycles. The average Bonchev–Trinajstić information content (AvgIpc) is 3.67. The second-order valence-corrected chi connectivity index (χ2v) is 16.2. The minimum absolute atomic E-state index is 0.00430. The third kappa shape index (κ3) is 8.52. The number of nitrogens with zero attached hydrogens (tertiary/aromatic N) is 5. The Labute approximate surface area is 298 Å². The maximum Gasteiger partial charge on any atom is 0.321 e. The van der Waals surface area contributed by atoms with Gasteiger partial charge in [-0.2, -0.15) is 4.31 Å². The fraction of sp³-hybridized carbons (Fsp3) is 0.486. The van der Waals surface area contributed by atoms with Crippen LogP contribution in [0.4, 0.5) is 4.79 Å². The third-order valence-electron chi connectivity index (χ3n) is 9.11. The molecule has 3 amide bonds. The van der Waals surface area contributed by atoms with Crippen molar-refractivity contribution in [3.05, 3.63) is 81.8 Å². The summed E-state index contributed by atoms with van der Waals surface area (Å²) in [4.78, 5) is 36.0. The number of aromatic nitrogens is 1. The molecule has 3 atom stereocenters. The number of aliphatic hydroxyl groups excluding tert-OH is 1. The predicted molar refractivity (Wildman–Crippen MR) is 193 cm³/mol. The first kappa shape index (κ1) is 38.9. The van der Waals surface area contributed by atoms with Gasteiger partial charge in [-0.15, -0.1) is 11.3 Å². The van der Waals surface area contributed by atoms with Gasteiger partial charge in [0.2, 0.25) is 15.9 Å². The van der Waals surface area contributed by atoms with Gasteiger partial charge in [0.15, 0.2) is 0 Å². The number of aliphatic hydroxyl groups is 1. The van der Waals surface area contributed by atoms with Crippen LogP contribution in [-0.2, 0) is 34.3 Å². The molecule has 4 rings (SSSR count). The van der Waals surface area contributed by atoms with Crippen molar-refractivity contribution in [2.45, 2.75) is 63.7 Å². The lowest BCUT2D eigenvalue weighted by atomic mass is 9.68. The van der Waals surface area contributed by atoms with Crippen molar-refractivity contribution in [1.82, 2.24) is 24.4 Å². The molecule has 5 N–H and O–H groups in total. The number of hydrogen-bond donors (Lipinski definition) is 4. The van der Waals surface area contributed by atoms with Gasteiger partial charge in [-0.1, -0.05) is 75.3 Å². The minimum Gasteiger partial charge on any atom is -0.411 e. The number of urea groups is 1. The van der Waals surface area contributed by atoms with E-state index in [0.717, 1.165) is 16.3 Å². The van der Waals surface area contributed by atoms with Crippen molar-refractivity contribution in [2.24, 2.45) is 28.6 Å². The molecule has 0 radical (unpaired) electrons. The molecule has 1 aliphatic rings. The van der Waals surface area contributed by atoms with Crippen LogP contribution in [0.25, 0.3) is 0 Å². The summed E-state index contributed by atoms with van der Waals surface area (Å²) in [5.74, 6) is -2.41. The minimum atomic E-state index is -4.14. The monoisotopic (exact) mass is 727 g/mol. The first-order valence-corrected chi connectivity index (χ1v) is 19.0. The first-order valence-electron chi connectivity index (χ1n) is 16.7. The second-order valence-electron chi connectivity index (χ2n) is 13.4. The molecule has 3 aromatic rings. The van der Waals surface area contributed by atoms with Crippen LogP contribution in [0, 0.1) is 17.8 Å². The first-order chi connectivity index (χ1) is 23.7. The number of hydrogen-bond acceptors (Lipinski definition) is 10. The summed E-state index contributed by atoms with van der Waals surface area (Å²) in [6, 6.07) is 14.8. The summed E-state index contributed by atoms with van der Waals surface area (Å²) in [5, 5.41) is 30.0. The van der Waals surface area contributed by atoms with Crippen molar-refractivity contribution in [3.63, 3.8) is 0 Å². The van der Waals surface area contributed by atoms with Crippen LogP contribution in [0.1, 0.15) is 49.5 Å². The van der Waals surface area contributed by atoms with Gasteiger partial charge in [-0.25, -0.2) is 18.2 Å². The quantitative estimate of drug-likeness (QED) is 0.0875. The summed E-state index contributed by atoms with van der Waals surface area (Å²) in [5.41, 5.74) is 6.68. The highest BCUT2D eigenvalue weighted by Gasteiger charge is 2.58. The Hall–Kier alpha value is -3.89. The molecule has 1 fully saturated rings. The predicted octanol–water partition coefficient (Wildman–Crippen LogP) is 3.36. The van der Waals surface area contributed by atoms with Gasteiger partial charge >= 0.3 is 6.03 Å². The summed E-state index contributed by atoms with van der Waals surface area (Å²) >= 11 is 1.50. The highest BCUT2D eigenvalue weighted by Crippen LogP contribution is 2.40. The highest BCUT2D eigenvalue weighted by molar-refractivity contribution is 7.89. The van der Waals surface area contributed by atoms with Gasteiger partial charge in [-0.3, -0.25) is 4.79 Å². The van der Waals surface area contributed by atoms with E-state index in [-0.39, 0.29) is 43.4 Å². The summed E-state index contributed by atoms with van der Waals surface area (Å²) in [6.45, 7) is 8.45. The molecule has 2 heterocycles. The lowest BCUT2D eigenvalue weighted by Gasteiger charge is -2.49. The zero-order chi connectivity index (χ0) is 36.6. The number of nitrogens with two attached hydrogens (primary N) is 1. The van der Waals surface area contributed by atoms with E-state index < -0.39 is 45.4 Å². The second kappa shape index (κ2) is 16.9. The Morgan fingerprint density at radius 2 is 1.80 bits per heavy atom. The standard InChI is InChI=1S/C35H49N7O6S2/c1-24(2)20-41(50(47,48)29-13-11-27(12-14-29)18-38-46)22-31(43)30(17-26-9-7-6-8-10-26)35(25(3)4,33(36)44)42-16-15-40(34(42)45)21-28-23-49-32(39-28)19-37-5/h6-14,18,23-25,30-31,37,43,46H,15-17,19-22H2,1-5H3,(H2,36,44)/b38-18+/t30-,31+,35?/m1/s1. The van der Waals surface area contributed by atoms with E-state index in [9.17, 15) is 23.1 Å². The number of benzene rings is 2. The lowest BCUT2D eigenvalue weighted by molar-refractivity contribution is -0.140. The van der Waals surface area contributed by atoms with Gasteiger partial charge < -0.3 is 31.2 Å². The molecule has 0 saturated carbocycles. The number of carbonyl (C=O) groups is 2. The van der Waals surface area contributed by atoms with Crippen LogP contribution in [0.15, 0.2) is 70.0 Å². The van der Waals surface area contributed by atoms with Crippen LogP contribution in [0.3, 0.4) is 0 Å². The number of rotatable bonds is 18. The Balaban J connectivity index is 1.75. The number of amides is 3. The fourth-order valence-corrected chi connectivity index (χ4v) is 9.29. The van der Waals surface area contributed by atoms with E-state index in [0.29, 0.717) is 18.7 Å². The molecule has 15 heteroatoms. The van der Waals surface area contributed by atoms with Crippen molar-refractivity contribution in [3.8, 4) is 0 Å². The number of thiazole rings is 1. The van der Waals surface area contributed by atoms with Gasteiger partial charge in [0.25, 0.3) is 0 Å². The van der Waals surface area contributed by atoms with Crippen molar-refractivity contribution < 1.29 is 28.3 Å². The molecule has 2 aromatic carbocycles. The molecular formula is C35H49N7O6S2. The maximum atomic E-state index is 14.3. The van der Waals surface area contributed by atoms with E-state index in [4.69, 9.17) is 10.9 Å². The Morgan fingerprint density at radius 3 is 2.38 bits per heavy atom. The fourth-order valence-electron chi connectivity index (χ4n) is 6.87. The van der Waals surface area contributed by atoms with Gasteiger partial charge in [0.1, 0.15) is 10.5 Å². The molecule has 1 aromatic heterocycles. The molecular weight excluding hydrogens is 679 g/mol. The van der Waals surface area contributed by atoms with E-state index in [1.54, 1.807) is 18.7 Å². The average molecular weight is 728 g/mol. The van der Waals surface area contributed by atoms with Crippen molar-refractivity contribution in [1.29, 1.82) is 0 Å². The molecule has 1 saturated heterocycles. The smallest absolute Gasteiger partial charge is 0.321 e. The number of sulfonamides is 1. The van der Waals surface area contributed by atoms with Crippen molar-refractivity contribution >= 4 is 39.5 Å². The van der Waals surface area contributed by atoms with Gasteiger partial charge in [0, 0.05) is 44.0 Å². The molecule has 0 spiro atoms. The number of nitrogens with one attached hydrogen (secondary N) is 1. The number of oxime groups is 1. The van der Waals surface area contributed by atoms with Crippen LogP contribution in [0.2, 0.25) is 0 Å². The summed E-state index contributed by atoms with van der Waals surface area (Å²) in [7, 11) is -2.30. The van der Waals surface area contributed by atoms with Gasteiger partial charge in [-0.05, 0) is 48.6 Å². The molecule has 50 heavy (non-hydrogen) atoms. The Bertz CT molecular complexity index is 1720. The van der Waals surface area contributed by atoms with E-state index in [1.807, 2.05) is 56.6 Å². The normalized spacial score (nSPS) is 16.5. The van der Waals surface area contributed by atoms with Crippen molar-refractivity contribution in [2.75, 3.05) is 33.2 Å².